The molecule has 0 saturated heterocycles. The van der Waals surface area contributed by atoms with Crippen molar-refractivity contribution in [2.45, 2.75) is 6.42 Å². The first kappa shape index (κ1) is 16.7. The molecule has 0 bridgehead atoms. The molecule has 0 radical (unpaired) electrons. The molecule has 4 N–H and O–H groups in total. The molecule has 3 aromatic heterocycles. The van der Waals surface area contributed by atoms with Gasteiger partial charge in [-0.15, -0.1) is 0 Å². The number of nitrogens with two attached hydrogens (primary N) is 1. The highest BCUT2D eigenvalue weighted by Crippen LogP contribution is 2.31. The van der Waals surface area contributed by atoms with Crippen LogP contribution in [0, 0.1) is 0 Å². The second kappa shape index (κ2) is 6.94. The lowest BCUT2D eigenvalue weighted by Crippen LogP contribution is -2.20. The number of rotatable bonds is 3. The zero-order valence-electron chi connectivity index (χ0n) is 15.4. The molecular weight excluding hydrogens is 346 g/mol. The predicted molar refractivity (Wildman–Crippen MR) is 115 cm³/mol. The first-order valence-electron chi connectivity index (χ1n) is 9.48. The Balaban J connectivity index is 1.53. The topological polar surface area (TPSA) is 79.6 Å². The van der Waals surface area contributed by atoms with Crippen LogP contribution in [-0.4, -0.2) is 28.0 Å². The summed E-state index contributed by atoms with van der Waals surface area (Å²) in [6, 6.07) is 16.3. The van der Waals surface area contributed by atoms with Crippen LogP contribution < -0.4 is 11.1 Å². The Kier molecular flexibility index (Phi) is 4.14. The molecule has 1 aromatic carbocycles. The van der Waals surface area contributed by atoms with Gasteiger partial charge in [0.1, 0.15) is 0 Å². The molecule has 0 unspecified atom stereocenters. The number of hydrogen-bond donors (Lipinski definition) is 3. The van der Waals surface area contributed by atoms with Crippen molar-refractivity contribution in [3.05, 3.63) is 72.7 Å². The van der Waals surface area contributed by atoms with E-state index in [1.54, 1.807) is 0 Å². The molecule has 1 aliphatic heterocycles. The van der Waals surface area contributed by atoms with Crippen LogP contribution in [0.3, 0.4) is 0 Å². The summed E-state index contributed by atoms with van der Waals surface area (Å²) in [4.78, 5) is 12.6. The van der Waals surface area contributed by atoms with Crippen LogP contribution in [0.5, 0.6) is 0 Å². The molecule has 0 atom stereocenters. The van der Waals surface area contributed by atoms with Gasteiger partial charge in [0, 0.05) is 41.1 Å². The number of para-hydroxylation sites is 1. The van der Waals surface area contributed by atoms with Crippen LogP contribution in [0.15, 0.2) is 67.0 Å². The molecule has 0 amide bonds. The van der Waals surface area contributed by atoms with Crippen molar-refractivity contribution in [2.75, 3.05) is 18.8 Å². The maximum Gasteiger partial charge on any atom is 0.0724 e. The van der Waals surface area contributed by atoms with Gasteiger partial charge < -0.3 is 16.0 Å². The maximum absolute atomic E-state index is 6.30. The van der Waals surface area contributed by atoms with Gasteiger partial charge in [-0.1, -0.05) is 24.3 Å². The van der Waals surface area contributed by atoms with E-state index in [1.807, 2.05) is 42.7 Å². The van der Waals surface area contributed by atoms with Crippen molar-refractivity contribution >= 4 is 22.2 Å². The summed E-state index contributed by atoms with van der Waals surface area (Å²) in [7, 11) is 0. The van der Waals surface area contributed by atoms with Gasteiger partial charge in [0.05, 0.1) is 22.6 Å². The van der Waals surface area contributed by atoms with Gasteiger partial charge in [-0.05, 0) is 48.9 Å². The number of pyridine rings is 2. The molecule has 4 heterocycles. The summed E-state index contributed by atoms with van der Waals surface area (Å²) in [6.45, 7) is 1.87. The number of nitrogens with zero attached hydrogens (tertiary/aromatic N) is 2. The summed E-state index contributed by atoms with van der Waals surface area (Å²) in [5.41, 5.74) is 14.3. The van der Waals surface area contributed by atoms with E-state index < -0.39 is 0 Å². The molecule has 5 heteroatoms. The largest absolute Gasteiger partial charge is 0.397 e. The van der Waals surface area contributed by atoms with Crippen LogP contribution in [0.4, 0.5) is 5.69 Å². The number of hydrogen-bond acceptors (Lipinski definition) is 4. The lowest BCUT2D eigenvalue weighted by Gasteiger charge is -2.13. The van der Waals surface area contributed by atoms with Crippen molar-refractivity contribution in [1.29, 1.82) is 0 Å². The first-order chi connectivity index (χ1) is 13.8. The first-order valence-corrected chi connectivity index (χ1v) is 9.48. The molecule has 1 aliphatic rings. The van der Waals surface area contributed by atoms with Crippen molar-refractivity contribution < 1.29 is 0 Å². The van der Waals surface area contributed by atoms with Crippen LogP contribution in [0.25, 0.3) is 39.0 Å². The number of anilines is 1. The van der Waals surface area contributed by atoms with Crippen LogP contribution in [-0.2, 0) is 0 Å². The van der Waals surface area contributed by atoms with Gasteiger partial charge in [-0.2, -0.15) is 0 Å². The fourth-order valence-corrected chi connectivity index (χ4v) is 3.71. The van der Waals surface area contributed by atoms with E-state index in [-0.39, 0.29) is 0 Å². The number of nitrogen functional groups attached to an aromatic ring is 1. The summed E-state index contributed by atoms with van der Waals surface area (Å²) < 4.78 is 0. The maximum atomic E-state index is 6.30. The SMILES string of the molecule is Nc1cc(-c2ccnc(-c3cnc4ccccc4c3)c2)[nH]c1C1=CCNCC1. The highest BCUT2D eigenvalue weighted by Gasteiger charge is 2.14. The average molecular weight is 367 g/mol. The molecule has 5 rings (SSSR count). The van der Waals surface area contributed by atoms with E-state index in [4.69, 9.17) is 5.73 Å². The fourth-order valence-electron chi connectivity index (χ4n) is 3.71. The van der Waals surface area contributed by atoms with Crippen LogP contribution >= 0.6 is 0 Å². The zero-order chi connectivity index (χ0) is 18.9. The molecule has 138 valence electrons. The standard InChI is InChI=1S/C23H21N5/c24-19-13-22(28-23(19)15-5-8-25-9-6-15)17-7-10-26-21(12-17)18-11-16-3-1-2-4-20(16)27-14-18/h1-5,7,10-14,25,28H,6,8-9,24H2. The van der Waals surface area contributed by atoms with Crippen LogP contribution in [0.2, 0.25) is 0 Å². The Labute approximate surface area is 163 Å². The van der Waals surface area contributed by atoms with E-state index in [0.717, 1.165) is 64.3 Å². The Morgan fingerprint density at radius 2 is 1.89 bits per heavy atom. The minimum absolute atomic E-state index is 0.786. The molecule has 5 nitrogen and oxygen atoms in total. The second-order valence-electron chi connectivity index (χ2n) is 7.04. The van der Waals surface area contributed by atoms with Gasteiger partial charge in [-0.25, -0.2) is 0 Å². The molecular formula is C23H21N5. The number of H-pyrrole nitrogens is 1. The number of benzene rings is 1. The Hall–Kier alpha value is -3.44. The van der Waals surface area contributed by atoms with E-state index in [0.29, 0.717) is 0 Å². The lowest BCUT2D eigenvalue weighted by atomic mass is 10.1. The third-order valence-electron chi connectivity index (χ3n) is 5.19. The van der Waals surface area contributed by atoms with Crippen molar-refractivity contribution in [1.82, 2.24) is 20.3 Å². The van der Waals surface area contributed by atoms with Gasteiger partial charge >= 0.3 is 0 Å². The molecule has 0 spiro atoms. The average Bonchev–Trinajstić information content (AvgIpc) is 3.16. The zero-order valence-corrected chi connectivity index (χ0v) is 15.4. The van der Waals surface area contributed by atoms with Gasteiger partial charge in [0.2, 0.25) is 0 Å². The normalized spacial score (nSPS) is 14.2. The summed E-state index contributed by atoms with van der Waals surface area (Å²) in [6.07, 6.45) is 6.89. The van der Waals surface area contributed by atoms with Gasteiger partial charge in [-0.3, -0.25) is 9.97 Å². The number of aromatic nitrogens is 3. The number of fused-ring (bicyclic) bond motifs is 1. The second-order valence-corrected chi connectivity index (χ2v) is 7.04. The van der Waals surface area contributed by atoms with Gasteiger partial charge in [0.25, 0.3) is 0 Å². The van der Waals surface area contributed by atoms with Crippen molar-refractivity contribution in [3.63, 3.8) is 0 Å². The van der Waals surface area contributed by atoms with Crippen molar-refractivity contribution in [2.24, 2.45) is 0 Å². The van der Waals surface area contributed by atoms with E-state index >= 15 is 0 Å². The van der Waals surface area contributed by atoms with E-state index in [1.165, 1.54) is 5.57 Å². The summed E-state index contributed by atoms with van der Waals surface area (Å²) in [5.74, 6) is 0. The predicted octanol–water partition coefficient (Wildman–Crippen LogP) is 4.25. The Morgan fingerprint density at radius 3 is 2.79 bits per heavy atom. The minimum atomic E-state index is 0.786. The number of aromatic amines is 1. The third-order valence-corrected chi connectivity index (χ3v) is 5.19. The molecule has 28 heavy (non-hydrogen) atoms. The summed E-state index contributed by atoms with van der Waals surface area (Å²) >= 11 is 0. The Bertz CT molecular complexity index is 1190. The minimum Gasteiger partial charge on any atom is -0.397 e. The molecule has 0 saturated carbocycles. The quantitative estimate of drug-likeness (QED) is 0.506. The monoisotopic (exact) mass is 367 g/mol. The van der Waals surface area contributed by atoms with Gasteiger partial charge in [0.15, 0.2) is 0 Å². The highest BCUT2D eigenvalue weighted by molar-refractivity contribution is 5.84. The van der Waals surface area contributed by atoms with Crippen LogP contribution in [0.1, 0.15) is 12.1 Å². The van der Waals surface area contributed by atoms with E-state index in [2.05, 4.69) is 44.5 Å². The fraction of sp³-hybridized carbons (Fsp3) is 0.130. The third kappa shape index (κ3) is 3.06. The highest BCUT2D eigenvalue weighted by atomic mass is 14.9. The van der Waals surface area contributed by atoms with E-state index in [9.17, 15) is 0 Å². The van der Waals surface area contributed by atoms with Crippen molar-refractivity contribution in [3.8, 4) is 22.5 Å². The lowest BCUT2D eigenvalue weighted by molar-refractivity contribution is 0.737. The smallest absolute Gasteiger partial charge is 0.0724 e. The molecule has 0 aliphatic carbocycles. The molecule has 0 fully saturated rings. The molecule has 4 aromatic rings. The summed E-state index contributed by atoms with van der Waals surface area (Å²) in [5, 5.41) is 4.44. The Morgan fingerprint density at radius 1 is 0.964 bits per heavy atom. The number of nitrogens with one attached hydrogen (secondary N) is 2.